The van der Waals surface area contributed by atoms with E-state index in [4.69, 9.17) is 9.47 Å². The summed E-state index contributed by atoms with van der Waals surface area (Å²) < 4.78 is 10.9. The maximum absolute atomic E-state index is 11.9. The third-order valence-corrected chi connectivity index (χ3v) is 3.29. The van der Waals surface area contributed by atoms with Crippen molar-refractivity contribution in [1.82, 2.24) is 5.32 Å². The minimum Gasteiger partial charge on any atom is -0.444 e. The summed E-state index contributed by atoms with van der Waals surface area (Å²) >= 11 is 0. The van der Waals surface area contributed by atoms with Gasteiger partial charge in [0.1, 0.15) is 5.60 Å². The molecule has 0 bridgehead atoms. The third kappa shape index (κ3) is 3.51. The lowest BCUT2D eigenvalue weighted by Crippen LogP contribution is -2.38. The van der Waals surface area contributed by atoms with Gasteiger partial charge < -0.3 is 14.8 Å². The smallest absolute Gasteiger partial charge is 0.408 e. The van der Waals surface area contributed by atoms with Crippen molar-refractivity contribution in [1.29, 1.82) is 0 Å². The Hall–Kier alpha value is -1.55. The third-order valence-electron chi connectivity index (χ3n) is 3.29. The summed E-state index contributed by atoms with van der Waals surface area (Å²) in [5.74, 6) is 0. The molecule has 0 fully saturated rings. The van der Waals surface area contributed by atoms with Gasteiger partial charge in [-0.3, -0.25) is 0 Å². The minimum absolute atomic E-state index is 0.139. The zero-order valence-electron chi connectivity index (χ0n) is 12.7. The van der Waals surface area contributed by atoms with Gasteiger partial charge in [0.25, 0.3) is 0 Å². The molecule has 4 nitrogen and oxygen atoms in total. The Kier molecular flexibility index (Phi) is 4.33. The van der Waals surface area contributed by atoms with E-state index in [-0.39, 0.29) is 6.04 Å². The van der Waals surface area contributed by atoms with E-state index in [0.717, 1.165) is 12.0 Å². The lowest BCUT2D eigenvalue weighted by atomic mass is 9.93. The van der Waals surface area contributed by atoms with Crippen molar-refractivity contribution in [2.24, 2.45) is 0 Å². The Morgan fingerprint density at radius 2 is 2.20 bits per heavy atom. The molecule has 1 atom stereocenters. The molecule has 2 rings (SSSR count). The second-order valence-electron chi connectivity index (χ2n) is 6.05. The predicted octanol–water partition coefficient (Wildman–Crippen LogP) is 3.35. The number of nitrogens with one attached hydrogen (secondary N) is 1. The van der Waals surface area contributed by atoms with Crippen LogP contribution in [0.4, 0.5) is 4.79 Å². The van der Waals surface area contributed by atoms with Gasteiger partial charge in [-0.15, -0.1) is 0 Å². The number of carbonyl (C=O) groups is 1. The lowest BCUT2D eigenvalue weighted by molar-refractivity contribution is 0.0389. The number of alkyl carbamates (subject to hydrolysis) is 1. The molecule has 1 aromatic carbocycles. The lowest BCUT2D eigenvalue weighted by Gasteiger charge is -2.29. The first-order chi connectivity index (χ1) is 9.40. The van der Waals surface area contributed by atoms with E-state index in [1.807, 2.05) is 26.8 Å². The Morgan fingerprint density at radius 3 is 2.85 bits per heavy atom. The molecular weight excluding hydrogens is 254 g/mol. The highest BCUT2D eigenvalue weighted by atomic mass is 16.6. The monoisotopic (exact) mass is 277 g/mol. The maximum atomic E-state index is 11.9. The number of fused-ring (bicyclic) bond motifs is 1. The Balaban J connectivity index is 2.15. The average molecular weight is 277 g/mol. The molecule has 4 heteroatoms. The van der Waals surface area contributed by atoms with Crippen LogP contribution in [0.2, 0.25) is 0 Å². The number of carbonyl (C=O) groups excluding carboxylic acids is 1. The molecule has 1 aliphatic heterocycles. The predicted molar refractivity (Wildman–Crippen MR) is 77.6 cm³/mol. The van der Waals surface area contributed by atoms with Crippen LogP contribution in [0.5, 0.6) is 0 Å². The van der Waals surface area contributed by atoms with E-state index >= 15 is 0 Å². The summed E-state index contributed by atoms with van der Waals surface area (Å²) in [4.78, 5) is 11.9. The van der Waals surface area contributed by atoms with Crippen molar-refractivity contribution in [3.63, 3.8) is 0 Å². The van der Waals surface area contributed by atoms with Crippen molar-refractivity contribution in [3.05, 3.63) is 34.9 Å². The first-order valence-electron chi connectivity index (χ1n) is 7.08. The van der Waals surface area contributed by atoms with E-state index in [2.05, 4.69) is 24.4 Å². The first kappa shape index (κ1) is 14.9. The molecule has 1 heterocycles. The van der Waals surface area contributed by atoms with Gasteiger partial charge in [-0.2, -0.15) is 0 Å². The summed E-state index contributed by atoms with van der Waals surface area (Å²) in [6, 6.07) is 6.06. The normalized spacial score (nSPS) is 18.3. The van der Waals surface area contributed by atoms with E-state index in [1.54, 1.807) is 0 Å². The van der Waals surface area contributed by atoms with Gasteiger partial charge in [-0.1, -0.05) is 25.1 Å². The molecule has 1 aromatic rings. The van der Waals surface area contributed by atoms with Crippen LogP contribution in [0, 0.1) is 0 Å². The summed E-state index contributed by atoms with van der Waals surface area (Å²) in [6.07, 6.45) is 0.562. The van der Waals surface area contributed by atoms with Crippen LogP contribution >= 0.6 is 0 Å². The van der Waals surface area contributed by atoms with E-state index in [1.165, 1.54) is 11.1 Å². The number of benzene rings is 1. The Bertz CT molecular complexity index is 491. The van der Waals surface area contributed by atoms with E-state index < -0.39 is 11.7 Å². The van der Waals surface area contributed by atoms with Crippen LogP contribution in [0.3, 0.4) is 0 Å². The quantitative estimate of drug-likeness (QED) is 0.902. The fourth-order valence-electron chi connectivity index (χ4n) is 2.43. The van der Waals surface area contributed by atoms with Gasteiger partial charge in [0.05, 0.1) is 19.3 Å². The summed E-state index contributed by atoms with van der Waals surface area (Å²) in [5, 5.41) is 2.90. The number of ether oxygens (including phenoxy) is 2. The molecular formula is C16H23NO3. The summed E-state index contributed by atoms with van der Waals surface area (Å²) in [5.41, 5.74) is 3.12. The number of hydrogen-bond acceptors (Lipinski definition) is 3. The van der Waals surface area contributed by atoms with Crippen LogP contribution < -0.4 is 5.32 Å². The molecule has 110 valence electrons. The average Bonchev–Trinajstić information content (AvgIpc) is 2.36. The van der Waals surface area contributed by atoms with Crippen molar-refractivity contribution in [2.75, 3.05) is 6.61 Å². The number of hydrogen-bond donors (Lipinski definition) is 1. The summed E-state index contributed by atoms with van der Waals surface area (Å²) in [6.45, 7) is 8.79. The van der Waals surface area contributed by atoms with Crippen LogP contribution in [-0.2, 0) is 22.5 Å². The zero-order valence-corrected chi connectivity index (χ0v) is 12.7. The highest BCUT2D eigenvalue weighted by Crippen LogP contribution is 2.28. The maximum Gasteiger partial charge on any atom is 0.408 e. The fraction of sp³-hybridized carbons (Fsp3) is 0.562. The van der Waals surface area contributed by atoms with Gasteiger partial charge in [0.2, 0.25) is 0 Å². The van der Waals surface area contributed by atoms with E-state index in [9.17, 15) is 4.79 Å². The number of amides is 1. The van der Waals surface area contributed by atoms with Crippen molar-refractivity contribution >= 4 is 6.09 Å². The highest BCUT2D eigenvalue weighted by Gasteiger charge is 2.26. The molecule has 0 aromatic heterocycles. The molecule has 1 N–H and O–H groups in total. The Morgan fingerprint density at radius 1 is 1.45 bits per heavy atom. The van der Waals surface area contributed by atoms with Crippen molar-refractivity contribution in [2.45, 2.75) is 52.4 Å². The molecule has 0 aliphatic carbocycles. The number of rotatable bonds is 2. The fourth-order valence-corrected chi connectivity index (χ4v) is 2.43. The zero-order chi connectivity index (χ0) is 14.8. The van der Waals surface area contributed by atoms with Crippen LogP contribution in [0.1, 0.15) is 50.4 Å². The molecule has 0 saturated heterocycles. The second-order valence-corrected chi connectivity index (χ2v) is 6.05. The largest absolute Gasteiger partial charge is 0.444 e. The summed E-state index contributed by atoms with van der Waals surface area (Å²) in [7, 11) is 0. The molecule has 0 saturated carbocycles. The first-order valence-corrected chi connectivity index (χ1v) is 7.08. The van der Waals surface area contributed by atoms with Gasteiger partial charge in [0, 0.05) is 0 Å². The minimum atomic E-state index is -0.492. The highest BCUT2D eigenvalue weighted by molar-refractivity contribution is 5.68. The SMILES string of the molecule is CCc1cccc2c1COCC2NC(=O)OC(C)(C)C. The topological polar surface area (TPSA) is 47.6 Å². The van der Waals surface area contributed by atoms with Gasteiger partial charge in [-0.05, 0) is 43.9 Å². The van der Waals surface area contributed by atoms with Crippen LogP contribution in [0.15, 0.2) is 18.2 Å². The molecule has 0 spiro atoms. The van der Waals surface area contributed by atoms with Gasteiger partial charge in [0.15, 0.2) is 0 Å². The molecule has 20 heavy (non-hydrogen) atoms. The van der Waals surface area contributed by atoms with Gasteiger partial charge in [-0.25, -0.2) is 4.79 Å². The van der Waals surface area contributed by atoms with E-state index in [0.29, 0.717) is 13.2 Å². The second kappa shape index (κ2) is 5.83. The van der Waals surface area contributed by atoms with Crippen LogP contribution in [-0.4, -0.2) is 18.3 Å². The van der Waals surface area contributed by atoms with Crippen LogP contribution in [0.25, 0.3) is 0 Å². The standard InChI is InChI=1S/C16H23NO3/c1-5-11-7-6-8-12-13(11)9-19-10-14(12)17-15(18)20-16(2,3)4/h6-8,14H,5,9-10H2,1-4H3,(H,17,18). The van der Waals surface area contributed by atoms with Crippen molar-refractivity contribution in [3.8, 4) is 0 Å². The van der Waals surface area contributed by atoms with Crippen molar-refractivity contribution < 1.29 is 14.3 Å². The number of aryl methyl sites for hydroxylation is 1. The van der Waals surface area contributed by atoms with Gasteiger partial charge >= 0.3 is 6.09 Å². The molecule has 1 amide bonds. The Labute approximate surface area is 120 Å². The molecule has 1 aliphatic rings. The molecule has 0 radical (unpaired) electrons. The molecule has 1 unspecified atom stereocenters.